The molecule has 1 atom stereocenters. The van der Waals surface area contributed by atoms with Gasteiger partial charge in [-0.15, -0.1) is 0 Å². The van der Waals surface area contributed by atoms with E-state index in [1.54, 1.807) is 0 Å². The lowest BCUT2D eigenvalue weighted by Gasteiger charge is -2.20. The minimum absolute atomic E-state index is 0.0916. The molecule has 0 aliphatic heterocycles. The van der Waals surface area contributed by atoms with Crippen LogP contribution in [0.2, 0.25) is 0 Å². The van der Waals surface area contributed by atoms with E-state index in [0.29, 0.717) is 6.54 Å². The highest BCUT2D eigenvalue weighted by Gasteiger charge is 2.30. The molecule has 1 rings (SSSR count). The zero-order chi connectivity index (χ0) is 17.5. The monoisotopic (exact) mass is 352 g/mol. The lowest BCUT2D eigenvalue weighted by Crippen LogP contribution is -2.34. The zero-order valence-corrected chi connectivity index (χ0v) is 13.7. The molecule has 1 aromatic rings. The topological polar surface area (TPSA) is 45.1 Å². The Hall–Kier alpha value is -1.31. The number of alkyl halides is 3. The number of benzene rings is 1. The fraction of sp³-hybridized carbons (Fsp3) is 0.533. The van der Waals surface area contributed by atoms with Crippen molar-refractivity contribution >= 4 is 16.8 Å². The van der Waals surface area contributed by atoms with Gasteiger partial charge in [-0.05, 0) is 25.2 Å². The first kappa shape index (κ1) is 19.7. The molecule has 1 N–H and O–H groups in total. The molecule has 4 nitrogen and oxygen atoms in total. The van der Waals surface area contributed by atoms with Crippen LogP contribution in [0, 0.1) is 0 Å². The first-order valence-corrected chi connectivity index (χ1v) is 7.59. The Morgan fingerprint density at radius 1 is 1.35 bits per heavy atom. The van der Waals surface area contributed by atoms with E-state index in [9.17, 15) is 18.3 Å². The third kappa shape index (κ3) is 6.76. The molecule has 0 amide bonds. The van der Waals surface area contributed by atoms with Gasteiger partial charge in [-0.2, -0.15) is 13.2 Å². The van der Waals surface area contributed by atoms with Gasteiger partial charge in [-0.1, -0.05) is 42.7 Å². The molecule has 0 aliphatic carbocycles. The molecule has 23 heavy (non-hydrogen) atoms. The number of aliphatic hydroxyl groups is 1. The maximum atomic E-state index is 12.6. The first-order valence-electron chi connectivity index (χ1n) is 7.21. The minimum atomic E-state index is -4.45. The average Bonchev–Trinajstić information content (AvgIpc) is 2.51. The Morgan fingerprint density at radius 3 is 2.57 bits per heavy atom. The molecule has 130 valence electrons. The first-order chi connectivity index (χ1) is 10.8. The van der Waals surface area contributed by atoms with Crippen molar-refractivity contribution in [2.24, 2.45) is 5.16 Å². The number of aliphatic hydroxyl groups excluding tert-OH is 1. The van der Waals surface area contributed by atoms with Crippen LogP contribution in [0.25, 0.3) is 0 Å². The third-order valence-electron chi connectivity index (χ3n) is 3.20. The van der Waals surface area contributed by atoms with Crippen LogP contribution in [-0.4, -0.2) is 47.5 Å². The Balaban J connectivity index is 2.61. The maximum Gasteiger partial charge on any atom is 0.416 e. The summed E-state index contributed by atoms with van der Waals surface area (Å²) in [4.78, 5) is 6.93. The number of halogens is 4. The third-order valence-corrected chi connectivity index (χ3v) is 3.49. The van der Waals surface area contributed by atoms with Crippen LogP contribution in [0.5, 0.6) is 0 Å². The predicted molar refractivity (Wildman–Crippen MR) is 83.6 cm³/mol. The molecule has 0 aromatic heterocycles. The smallest absolute Gasteiger partial charge is 0.392 e. The molecule has 0 spiro atoms. The molecule has 0 saturated heterocycles. The molecule has 0 bridgehead atoms. The van der Waals surface area contributed by atoms with Crippen LogP contribution in [-0.2, 0) is 11.0 Å². The lowest BCUT2D eigenvalue weighted by atomic mass is 10.1. The second-order valence-electron chi connectivity index (χ2n) is 4.90. The number of likely N-dealkylation sites (N-methyl/N-ethyl adjacent to an activating group) is 1. The van der Waals surface area contributed by atoms with Crippen LogP contribution < -0.4 is 0 Å². The summed E-state index contributed by atoms with van der Waals surface area (Å²) in [6, 6.07) is 4.48. The number of oxime groups is 1. The molecule has 1 unspecified atom stereocenters. The van der Waals surface area contributed by atoms with Gasteiger partial charge < -0.3 is 14.8 Å². The van der Waals surface area contributed by atoms with E-state index in [4.69, 9.17) is 16.4 Å². The van der Waals surface area contributed by atoms with E-state index in [-0.39, 0.29) is 17.3 Å². The van der Waals surface area contributed by atoms with Gasteiger partial charge in [0.1, 0.15) is 12.7 Å². The Morgan fingerprint density at radius 2 is 2.00 bits per heavy atom. The van der Waals surface area contributed by atoms with Gasteiger partial charge in [-0.25, -0.2) is 0 Å². The van der Waals surface area contributed by atoms with Crippen LogP contribution in [0.1, 0.15) is 25.0 Å². The van der Waals surface area contributed by atoms with Gasteiger partial charge in [0.15, 0.2) is 5.17 Å². The van der Waals surface area contributed by atoms with Crippen LogP contribution >= 0.6 is 11.6 Å². The molecular weight excluding hydrogens is 333 g/mol. The van der Waals surface area contributed by atoms with Crippen molar-refractivity contribution in [3.8, 4) is 0 Å². The standard InChI is InChI=1S/C15H20ClF3N2O2/c1-3-21(4-2)9-13(22)10-23-20-14(16)11-6-5-7-12(8-11)15(17,18)19/h5-8,13,22H,3-4,9-10H2,1-2H3. The quantitative estimate of drug-likeness (QED) is 0.576. The summed E-state index contributed by atoms with van der Waals surface area (Å²) in [6.45, 7) is 5.86. The minimum Gasteiger partial charge on any atom is -0.392 e. The lowest BCUT2D eigenvalue weighted by molar-refractivity contribution is -0.137. The van der Waals surface area contributed by atoms with Crippen molar-refractivity contribution in [1.82, 2.24) is 4.90 Å². The van der Waals surface area contributed by atoms with Gasteiger partial charge in [0.25, 0.3) is 0 Å². The fourth-order valence-corrected chi connectivity index (χ4v) is 2.06. The molecule has 8 heteroatoms. The second kappa shape index (κ2) is 9.10. The summed E-state index contributed by atoms with van der Waals surface area (Å²) < 4.78 is 37.9. The van der Waals surface area contributed by atoms with Gasteiger partial charge in [-0.3, -0.25) is 0 Å². The second-order valence-corrected chi connectivity index (χ2v) is 5.25. The van der Waals surface area contributed by atoms with E-state index in [2.05, 4.69) is 5.16 Å². The Kier molecular flexibility index (Phi) is 7.81. The molecule has 0 fully saturated rings. The summed E-state index contributed by atoms with van der Waals surface area (Å²) in [6.07, 6.45) is -5.21. The van der Waals surface area contributed by atoms with Gasteiger partial charge in [0.05, 0.1) is 5.56 Å². The normalized spacial score (nSPS) is 14.2. The molecular formula is C15H20ClF3N2O2. The number of rotatable bonds is 8. The van der Waals surface area contributed by atoms with E-state index < -0.39 is 17.8 Å². The summed E-state index contributed by atoms with van der Waals surface area (Å²) in [5.41, 5.74) is -0.718. The van der Waals surface area contributed by atoms with E-state index >= 15 is 0 Å². The van der Waals surface area contributed by atoms with Crippen molar-refractivity contribution < 1.29 is 23.1 Å². The van der Waals surface area contributed by atoms with Crippen LogP contribution in [0.4, 0.5) is 13.2 Å². The zero-order valence-electron chi connectivity index (χ0n) is 13.0. The number of hydrogen-bond donors (Lipinski definition) is 1. The number of hydrogen-bond acceptors (Lipinski definition) is 4. The highest BCUT2D eigenvalue weighted by Crippen LogP contribution is 2.29. The van der Waals surface area contributed by atoms with Crippen molar-refractivity contribution in [3.05, 3.63) is 35.4 Å². The van der Waals surface area contributed by atoms with E-state index in [1.807, 2.05) is 18.7 Å². The van der Waals surface area contributed by atoms with E-state index in [1.165, 1.54) is 12.1 Å². The van der Waals surface area contributed by atoms with Crippen molar-refractivity contribution in [2.45, 2.75) is 26.1 Å². The molecule has 0 radical (unpaired) electrons. The largest absolute Gasteiger partial charge is 0.416 e. The highest BCUT2D eigenvalue weighted by molar-refractivity contribution is 6.69. The fourth-order valence-electron chi connectivity index (χ4n) is 1.89. The van der Waals surface area contributed by atoms with Gasteiger partial charge in [0, 0.05) is 12.1 Å². The molecule has 0 aliphatic rings. The summed E-state index contributed by atoms with van der Waals surface area (Å²) in [5, 5.41) is 13.1. The average molecular weight is 353 g/mol. The molecule has 1 aromatic carbocycles. The highest BCUT2D eigenvalue weighted by atomic mass is 35.5. The SMILES string of the molecule is CCN(CC)CC(O)CON=C(Cl)c1cccc(C(F)(F)F)c1. The van der Waals surface area contributed by atoms with Gasteiger partial charge >= 0.3 is 6.18 Å². The summed E-state index contributed by atoms with van der Waals surface area (Å²) in [5.74, 6) is 0. The molecule has 0 saturated carbocycles. The van der Waals surface area contributed by atoms with Crippen LogP contribution in [0.15, 0.2) is 29.4 Å². The van der Waals surface area contributed by atoms with Crippen molar-refractivity contribution in [1.29, 1.82) is 0 Å². The predicted octanol–water partition coefficient (Wildman–Crippen LogP) is 3.33. The van der Waals surface area contributed by atoms with Crippen LogP contribution in [0.3, 0.4) is 0 Å². The Bertz CT molecular complexity index is 520. The van der Waals surface area contributed by atoms with Crippen molar-refractivity contribution in [3.63, 3.8) is 0 Å². The molecule has 0 heterocycles. The van der Waals surface area contributed by atoms with Gasteiger partial charge in [0.2, 0.25) is 0 Å². The number of nitrogens with zero attached hydrogens (tertiary/aromatic N) is 2. The Labute approximate surface area is 138 Å². The van der Waals surface area contributed by atoms with Crippen molar-refractivity contribution in [2.75, 3.05) is 26.2 Å². The summed E-state index contributed by atoms with van der Waals surface area (Å²) in [7, 11) is 0. The summed E-state index contributed by atoms with van der Waals surface area (Å²) >= 11 is 5.84. The van der Waals surface area contributed by atoms with E-state index in [0.717, 1.165) is 25.2 Å². The maximum absolute atomic E-state index is 12.6.